The highest BCUT2D eigenvalue weighted by Crippen LogP contribution is 2.25. The number of aryl methyl sites for hydroxylation is 1. The molecule has 8 heteroatoms. The second-order valence-corrected chi connectivity index (χ2v) is 9.77. The van der Waals surface area contributed by atoms with Gasteiger partial charge in [-0.1, -0.05) is 29.8 Å². The van der Waals surface area contributed by atoms with Crippen molar-refractivity contribution in [2.45, 2.75) is 28.9 Å². The fourth-order valence-electron chi connectivity index (χ4n) is 2.58. The van der Waals surface area contributed by atoms with Crippen LogP contribution < -0.4 is 10.0 Å². The van der Waals surface area contributed by atoms with E-state index in [1.54, 1.807) is 6.92 Å². The lowest BCUT2D eigenvalue weighted by molar-refractivity contribution is -0.115. The average molecular weight is 445 g/mol. The summed E-state index contributed by atoms with van der Waals surface area (Å²) in [5, 5.41) is 2.44. The second kappa shape index (κ2) is 9.32. The molecule has 156 valence electrons. The fourth-order valence-corrected chi connectivity index (χ4v) is 4.52. The third-order valence-electron chi connectivity index (χ3n) is 4.25. The van der Waals surface area contributed by atoms with Crippen molar-refractivity contribution in [3.8, 4) is 0 Å². The molecule has 2 N–H and O–H groups in total. The normalized spacial score (nSPS) is 12.2. The Balaban J connectivity index is 1.64. The summed E-state index contributed by atoms with van der Waals surface area (Å²) in [7, 11) is -3.95. The highest BCUT2D eigenvalue weighted by Gasteiger charge is 2.18. The maximum absolute atomic E-state index is 13.7. The lowest BCUT2D eigenvalue weighted by Gasteiger charge is -2.13. The number of hydrogen-bond acceptors (Lipinski definition) is 4. The van der Waals surface area contributed by atoms with Crippen molar-refractivity contribution in [2.75, 3.05) is 10.0 Å². The smallest absolute Gasteiger partial charge is 0.261 e. The van der Waals surface area contributed by atoms with Gasteiger partial charge in [-0.05, 0) is 62.4 Å². The molecule has 0 fully saturated rings. The zero-order valence-corrected chi connectivity index (χ0v) is 18.1. The van der Waals surface area contributed by atoms with Crippen molar-refractivity contribution in [3.05, 3.63) is 84.2 Å². The minimum absolute atomic E-state index is 0.0363. The number of nitrogens with one attached hydrogen (secondary N) is 2. The number of anilines is 2. The van der Waals surface area contributed by atoms with E-state index in [-0.39, 0.29) is 21.7 Å². The molecule has 0 bridgehead atoms. The summed E-state index contributed by atoms with van der Waals surface area (Å²) in [6, 6.07) is 19.1. The first-order valence-corrected chi connectivity index (χ1v) is 11.5. The largest absolute Gasteiger partial charge is 0.325 e. The van der Waals surface area contributed by atoms with Gasteiger partial charge >= 0.3 is 0 Å². The Kier molecular flexibility index (Phi) is 6.79. The van der Waals surface area contributed by atoms with Gasteiger partial charge in [0, 0.05) is 10.6 Å². The van der Waals surface area contributed by atoms with E-state index in [1.807, 2.05) is 31.2 Å². The predicted octanol–water partition coefficient (Wildman–Crippen LogP) is 5.05. The van der Waals surface area contributed by atoms with Crippen LogP contribution in [0.15, 0.2) is 82.6 Å². The van der Waals surface area contributed by atoms with Gasteiger partial charge in [0.05, 0.1) is 15.8 Å². The number of hydrogen-bond donors (Lipinski definition) is 2. The molecule has 0 aliphatic rings. The molecule has 0 spiro atoms. The van der Waals surface area contributed by atoms with Gasteiger partial charge in [-0.15, -0.1) is 11.8 Å². The molecule has 1 amide bonds. The van der Waals surface area contributed by atoms with Gasteiger partial charge in [-0.25, -0.2) is 12.8 Å². The van der Waals surface area contributed by atoms with Crippen molar-refractivity contribution < 1.29 is 17.6 Å². The molecule has 0 aliphatic heterocycles. The van der Waals surface area contributed by atoms with Crippen LogP contribution >= 0.6 is 11.8 Å². The molecule has 3 aromatic rings. The summed E-state index contributed by atoms with van der Waals surface area (Å²) in [4.78, 5) is 13.4. The van der Waals surface area contributed by atoms with Crippen molar-refractivity contribution in [2.24, 2.45) is 0 Å². The van der Waals surface area contributed by atoms with Gasteiger partial charge in [0.25, 0.3) is 10.0 Å². The Morgan fingerprint density at radius 1 is 0.967 bits per heavy atom. The number of thioether (sulfide) groups is 1. The lowest BCUT2D eigenvalue weighted by atomic mass is 10.2. The lowest BCUT2D eigenvalue weighted by Crippen LogP contribution is -2.22. The number of benzene rings is 3. The van der Waals surface area contributed by atoms with E-state index >= 15 is 0 Å². The standard InChI is InChI=1S/C22H21FN2O3S2/c1-15-7-11-18(12-8-15)29-16(2)22(26)24-17-9-13-19(14-10-17)30(27,28)25-21-6-4-3-5-20(21)23/h3-14,16,25H,1-2H3,(H,24,26)/t16-/m0/s1. The van der Waals surface area contributed by atoms with E-state index in [9.17, 15) is 17.6 Å². The Morgan fingerprint density at radius 2 is 1.60 bits per heavy atom. The fraction of sp³-hybridized carbons (Fsp3) is 0.136. The maximum atomic E-state index is 13.7. The van der Waals surface area contributed by atoms with Crippen molar-refractivity contribution >= 4 is 39.1 Å². The Bertz CT molecular complexity index is 1130. The zero-order valence-electron chi connectivity index (χ0n) is 16.4. The van der Waals surface area contributed by atoms with Crippen molar-refractivity contribution in [1.29, 1.82) is 0 Å². The Morgan fingerprint density at radius 3 is 2.23 bits per heavy atom. The van der Waals surface area contributed by atoms with E-state index < -0.39 is 15.8 Å². The zero-order chi connectivity index (χ0) is 21.7. The summed E-state index contributed by atoms with van der Waals surface area (Å²) < 4.78 is 40.8. The highest BCUT2D eigenvalue weighted by molar-refractivity contribution is 8.00. The number of carbonyl (C=O) groups excluding carboxylic acids is 1. The maximum Gasteiger partial charge on any atom is 0.261 e. The molecule has 0 saturated carbocycles. The van der Waals surface area contributed by atoms with Crippen LogP contribution in [0, 0.1) is 12.7 Å². The predicted molar refractivity (Wildman–Crippen MR) is 119 cm³/mol. The number of rotatable bonds is 7. The number of carbonyl (C=O) groups is 1. The molecule has 0 unspecified atom stereocenters. The molecule has 0 heterocycles. The van der Waals surface area contributed by atoms with E-state index in [0.717, 1.165) is 10.5 Å². The molecule has 5 nitrogen and oxygen atoms in total. The van der Waals surface area contributed by atoms with Gasteiger partial charge < -0.3 is 5.32 Å². The number of amides is 1. The highest BCUT2D eigenvalue weighted by atomic mass is 32.2. The summed E-state index contributed by atoms with van der Waals surface area (Å²) >= 11 is 1.44. The first-order chi connectivity index (χ1) is 14.2. The molecule has 0 saturated heterocycles. The molecular formula is C22H21FN2O3S2. The molecule has 3 rings (SSSR count). The van der Waals surface area contributed by atoms with Crippen LogP contribution in [0.25, 0.3) is 0 Å². The van der Waals surface area contributed by atoms with Crippen LogP contribution in [0.2, 0.25) is 0 Å². The van der Waals surface area contributed by atoms with Gasteiger partial charge in [-0.3, -0.25) is 9.52 Å². The topological polar surface area (TPSA) is 75.3 Å². The van der Waals surface area contributed by atoms with E-state index in [0.29, 0.717) is 5.69 Å². The van der Waals surface area contributed by atoms with Crippen molar-refractivity contribution in [3.63, 3.8) is 0 Å². The van der Waals surface area contributed by atoms with Crippen LogP contribution in [-0.4, -0.2) is 19.6 Å². The first-order valence-electron chi connectivity index (χ1n) is 9.16. The molecular weight excluding hydrogens is 423 g/mol. The molecule has 0 radical (unpaired) electrons. The Hall–Kier alpha value is -2.84. The van der Waals surface area contributed by atoms with Crippen LogP contribution in [0.1, 0.15) is 12.5 Å². The minimum Gasteiger partial charge on any atom is -0.325 e. The Labute approximate surface area is 179 Å². The van der Waals surface area contributed by atoms with E-state index in [2.05, 4.69) is 10.0 Å². The summed E-state index contributed by atoms with van der Waals surface area (Å²) in [5.74, 6) is -0.856. The van der Waals surface area contributed by atoms with E-state index in [1.165, 1.54) is 60.3 Å². The van der Waals surface area contributed by atoms with E-state index in [4.69, 9.17) is 0 Å². The van der Waals surface area contributed by atoms with Crippen molar-refractivity contribution in [1.82, 2.24) is 0 Å². The summed E-state index contributed by atoms with van der Waals surface area (Å²) in [5.41, 5.74) is 1.49. The van der Waals surface area contributed by atoms with Crippen LogP contribution in [0.5, 0.6) is 0 Å². The first kappa shape index (κ1) is 21.9. The average Bonchev–Trinajstić information content (AvgIpc) is 2.71. The SMILES string of the molecule is Cc1ccc(S[C@@H](C)C(=O)Nc2ccc(S(=O)(=O)Nc3ccccc3F)cc2)cc1. The van der Waals surface area contributed by atoms with Gasteiger partial charge in [0.15, 0.2) is 0 Å². The number of halogens is 1. The summed E-state index contributed by atoms with van der Waals surface area (Å²) in [6.45, 7) is 3.80. The van der Waals surface area contributed by atoms with Crippen LogP contribution in [0.3, 0.4) is 0 Å². The number of para-hydroxylation sites is 1. The van der Waals surface area contributed by atoms with Crippen LogP contribution in [0.4, 0.5) is 15.8 Å². The van der Waals surface area contributed by atoms with Gasteiger partial charge in [0.2, 0.25) is 5.91 Å². The molecule has 0 aliphatic carbocycles. The second-order valence-electron chi connectivity index (χ2n) is 6.67. The summed E-state index contributed by atoms with van der Waals surface area (Å²) in [6.07, 6.45) is 0. The number of sulfonamides is 1. The molecule has 3 aromatic carbocycles. The molecule has 1 atom stereocenters. The molecule has 30 heavy (non-hydrogen) atoms. The minimum atomic E-state index is -3.95. The van der Waals surface area contributed by atoms with Crippen LogP contribution in [-0.2, 0) is 14.8 Å². The van der Waals surface area contributed by atoms with Gasteiger partial charge in [0.1, 0.15) is 5.82 Å². The van der Waals surface area contributed by atoms with Gasteiger partial charge in [-0.2, -0.15) is 0 Å². The molecule has 0 aromatic heterocycles. The quantitative estimate of drug-likeness (QED) is 0.500. The monoisotopic (exact) mass is 444 g/mol. The third-order valence-corrected chi connectivity index (χ3v) is 6.75. The third kappa shape index (κ3) is 5.61.